The van der Waals surface area contributed by atoms with Crippen LogP contribution in [-0.4, -0.2) is 39.7 Å². The molecule has 3 heterocycles. The summed E-state index contributed by atoms with van der Waals surface area (Å²) in [7, 11) is -2.77. The second-order valence-corrected chi connectivity index (χ2v) is 19.4. The molecule has 1 saturated heterocycles. The van der Waals surface area contributed by atoms with Crippen molar-refractivity contribution in [3.63, 3.8) is 0 Å². The number of nitrogens with zero attached hydrogens (tertiary/aromatic N) is 5. The second kappa shape index (κ2) is 13.9. The lowest BCUT2D eigenvalue weighted by atomic mass is 9.90. The number of hydrogen-bond donors (Lipinski definition) is 0. The first-order valence-corrected chi connectivity index (χ1v) is 22.0. The van der Waals surface area contributed by atoms with Crippen LogP contribution in [0.4, 0.5) is 5.69 Å². The fourth-order valence-electron chi connectivity index (χ4n) is 9.96. The van der Waals surface area contributed by atoms with Crippen molar-refractivity contribution < 1.29 is 0 Å². The average molecular weight is 752 g/mol. The Balaban J connectivity index is 1.15. The first kappa shape index (κ1) is 34.0. The van der Waals surface area contributed by atoms with Crippen LogP contribution in [0, 0.1) is 5.92 Å². The topological polar surface area (TPSA) is 46.8 Å². The molecule has 0 amide bonds. The molecule has 2 aromatic heterocycles. The van der Waals surface area contributed by atoms with E-state index in [1.807, 2.05) is 0 Å². The van der Waals surface area contributed by atoms with Crippen LogP contribution in [0.3, 0.4) is 0 Å². The van der Waals surface area contributed by atoms with Crippen molar-refractivity contribution in [2.45, 2.75) is 51.1 Å². The van der Waals surface area contributed by atoms with Crippen LogP contribution in [0.15, 0.2) is 158 Å². The molecule has 1 aliphatic heterocycles. The zero-order valence-corrected chi connectivity index (χ0v) is 32.6. The summed E-state index contributed by atoms with van der Waals surface area (Å²) in [6, 6.07) is 58.4. The summed E-state index contributed by atoms with van der Waals surface area (Å²) in [4.78, 5) is 17.6. The highest BCUT2D eigenvalue weighted by molar-refractivity contribution is 7.19. The fraction of sp³-hybridized carbons (Fsp3) is 0.188. The highest BCUT2D eigenvalue weighted by Gasteiger charge is 2.42. The summed E-state index contributed by atoms with van der Waals surface area (Å²) in [5.74, 6) is 1.94. The van der Waals surface area contributed by atoms with E-state index in [0.717, 1.165) is 28.9 Å². The van der Waals surface area contributed by atoms with Gasteiger partial charge in [0.25, 0.3) is 0 Å². The normalized spacial score (nSPS) is 18.3. The molecule has 7 heteroatoms. The third-order valence-electron chi connectivity index (χ3n) is 12.3. The number of benzene rings is 6. The molecule has 55 heavy (non-hydrogen) atoms. The summed E-state index contributed by atoms with van der Waals surface area (Å²) in [6.45, 7) is 2.34. The molecule has 2 aliphatic rings. The van der Waals surface area contributed by atoms with Gasteiger partial charge >= 0.3 is 0 Å². The van der Waals surface area contributed by atoms with Crippen LogP contribution in [0.2, 0.25) is 5.28 Å². The summed E-state index contributed by atoms with van der Waals surface area (Å²) in [5, 5.41) is 7.70. The Hall–Kier alpha value is -5.56. The molecular weight excluding hydrogens is 710 g/mol. The fourth-order valence-corrected chi connectivity index (χ4v) is 14.9. The smallest absolute Gasteiger partial charge is 0.239 e. The monoisotopic (exact) mass is 751 g/mol. The molecule has 3 unspecified atom stereocenters. The molecule has 0 spiro atoms. The van der Waals surface area contributed by atoms with E-state index in [1.165, 1.54) is 62.9 Å². The Labute approximate surface area is 328 Å². The Morgan fingerprint density at radius 3 is 1.93 bits per heavy atom. The van der Waals surface area contributed by atoms with Crippen LogP contribution in [0.25, 0.3) is 39.1 Å². The minimum Gasteiger partial charge on any atom is -0.365 e. The molecule has 5 nitrogen and oxygen atoms in total. The Morgan fingerprint density at radius 2 is 1.24 bits per heavy atom. The number of halogens is 1. The molecule has 3 atom stereocenters. The van der Waals surface area contributed by atoms with Crippen LogP contribution >= 0.6 is 11.6 Å². The van der Waals surface area contributed by atoms with E-state index in [1.54, 1.807) is 0 Å². The van der Waals surface area contributed by atoms with Crippen LogP contribution in [0.1, 0.15) is 39.0 Å². The van der Waals surface area contributed by atoms with Gasteiger partial charge in [0, 0.05) is 34.1 Å². The Bertz CT molecular complexity index is 2550. The third-order valence-corrected chi connectivity index (χ3v) is 17.2. The van der Waals surface area contributed by atoms with Crippen molar-refractivity contribution in [2.24, 2.45) is 5.92 Å². The Morgan fingerprint density at radius 1 is 0.600 bits per heavy atom. The largest absolute Gasteiger partial charge is 0.365 e. The minimum absolute atomic E-state index is 0.171. The van der Waals surface area contributed by atoms with Crippen molar-refractivity contribution >= 4 is 67.9 Å². The van der Waals surface area contributed by atoms with E-state index < -0.39 is 8.07 Å². The van der Waals surface area contributed by atoms with Crippen molar-refractivity contribution in [1.29, 1.82) is 0 Å². The summed E-state index contributed by atoms with van der Waals surface area (Å²) < 4.78 is 2.19. The van der Waals surface area contributed by atoms with Crippen molar-refractivity contribution in [2.75, 3.05) is 4.90 Å². The number of piperidine rings is 1. The predicted molar refractivity (Wildman–Crippen MR) is 231 cm³/mol. The number of rotatable bonds is 8. The number of aromatic nitrogens is 4. The molecule has 270 valence electrons. The lowest BCUT2D eigenvalue weighted by molar-refractivity contribution is 0.351. The first-order valence-electron chi connectivity index (χ1n) is 19.6. The molecule has 10 rings (SSSR count). The maximum atomic E-state index is 6.89. The van der Waals surface area contributed by atoms with Gasteiger partial charge in [-0.1, -0.05) is 146 Å². The molecule has 2 fully saturated rings. The van der Waals surface area contributed by atoms with Gasteiger partial charge in [-0.05, 0) is 88.6 Å². The van der Waals surface area contributed by atoms with Crippen LogP contribution in [-0.2, 0) is 0 Å². The third kappa shape index (κ3) is 5.69. The van der Waals surface area contributed by atoms with Gasteiger partial charge in [0.2, 0.25) is 11.2 Å². The maximum Gasteiger partial charge on any atom is 0.239 e. The molecule has 1 saturated carbocycles. The van der Waals surface area contributed by atoms with Gasteiger partial charge in [0.1, 0.15) is 0 Å². The van der Waals surface area contributed by atoms with Gasteiger partial charge in [-0.2, -0.15) is 15.0 Å². The van der Waals surface area contributed by atoms with Gasteiger partial charge in [-0.15, -0.1) is 0 Å². The van der Waals surface area contributed by atoms with Crippen molar-refractivity contribution in [3.8, 4) is 17.3 Å². The molecule has 1 aliphatic carbocycles. The van der Waals surface area contributed by atoms with Crippen LogP contribution < -0.4 is 25.6 Å². The number of fused-ring (bicyclic) bond motifs is 5. The van der Waals surface area contributed by atoms with Crippen LogP contribution in [0.5, 0.6) is 0 Å². The van der Waals surface area contributed by atoms with E-state index in [4.69, 9.17) is 26.6 Å². The van der Waals surface area contributed by atoms with Gasteiger partial charge in [-0.25, -0.2) is 0 Å². The Kier molecular flexibility index (Phi) is 8.61. The lowest BCUT2D eigenvalue weighted by Crippen LogP contribution is -2.74. The number of anilines is 1. The lowest BCUT2D eigenvalue weighted by Gasteiger charge is -2.42. The van der Waals surface area contributed by atoms with E-state index in [9.17, 15) is 0 Å². The molecule has 0 radical (unpaired) electrons. The minimum atomic E-state index is -2.77. The summed E-state index contributed by atoms with van der Waals surface area (Å²) >= 11 is 6.89. The van der Waals surface area contributed by atoms with Gasteiger partial charge < -0.3 is 4.90 Å². The number of hydrogen-bond acceptors (Lipinski definition) is 4. The van der Waals surface area contributed by atoms with E-state index in [-0.39, 0.29) is 5.28 Å². The highest BCUT2D eigenvalue weighted by atomic mass is 35.5. The van der Waals surface area contributed by atoms with E-state index in [0.29, 0.717) is 23.9 Å². The summed E-state index contributed by atoms with van der Waals surface area (Å²) in [6.07, 6.45) is 6.35. The maximum absolute atomic E-state index is 6.89. The molecule has 2 bridgehead atoms. The summed E-state index contributed by atoms with van der Waals surface area (Å²) in [5.41, 5.74) is 4.32. The van der Waals surface area contributed by atoms with Gasteiger partial charge in [0.15, 0.2) is 13.9 Å². The van der Waals surface area contributed by atoms with E-state index >= 15 is 0 Å². The second-order valence-electron chi connectivity index (χ2n) is 15.2. The molecule has 8 aromatic rings. The SMILES string of the molecule is CCC1CC2CCC(C2)N1c1ccc2c3ccccc3n(-c3nc(Cl)nc(-c4cccc([Si](c5ccccc5)(c5ccccc5)c5ccccc5)c4)n3)c2c1. The molecule has 0 N–H and O–H groups in total. The van der Waals surface area contributed by atoms with Crippen molar-refractivity contribution in [1.82, 2.24) is 19.5 Å². The molecular formula is C48H42ClN5Si. The quantitative estimate of drug-likeness (QED) is 0.115. The highest BCUT2D eigenvalue weighted by Crippen LogP contribution is 2.44. The van der Waals surface area contributed by atoms with Gasteiger partial charge in [-0.3, -0.25) is 4.57 Å². The zero-order valence-electron chi connectivity index (χ0n) is 30.9. The first-order chi connectivity index (χ1) is 27.1. The van der Waals surface area contributed by atoms with E-state index in [2.05, 4.69) is 174 Å². The van der Waals surface area contributed by atoms with Gasteiger partial charge in [0.05, 0.1) is 11.0 Å². The predicted octanol–water partition coefficient (Wildman–Crippen LogP) is 8.82. The number of para-hydroxylation sites is 1. The standard InChI is InChI=1S/C48H42ClN5Si/c1-2-35-29-33-25-26-36(30-33)53(35)37-27-28-43-42-23-12-13-24-44(42)54(45(43)32-37)48-51-46(50-47(49)52-48)34-15-14-22-41(31-34)55(38-16-6-3-7-17-38,39-18-8-4-9-19-39)40-20-10-5-11-21-40/h3-24,27-28,31-33,35-36H,2,25-26,29-30H2,1H3. The zero-order chi connectivity index (χ0) is 36.9. The molecule has 6 aromatic carbocycles. The van der Waals surface area contributed by atoms with Crippen molar-refractivity contribution in [3.05, 3.63) is 163 Å². The average Bonchev–Trinajstić information content (AvgIpc) is 3.79.